The summed E-state index contributed by atoms with van der Waals surface area (Å²) in [5.74, 6) is 1.65. The molecular formula is C20H24ClNO3. The van der Waals surface area contributed by atoms with Crippen molar-refractivity contribution in [2.24, 2.45) is 5.92 Å². The number of halogens is 1. The van der Waals surface area contributed by atoms with Crippen LogP contribution in [0.4, 0.5) is 0 Å². The minimum absolute atomic E-state index is 0.0505. The highest BCUT2D eigenvalue weighted by Crippen LogP contribution is 2.23. The van der Waals surface area contributed by atoms with Gasteiger partial charge < -0.3 is 14.8 Å². The van der Waals surface area contributed by atoms with Crippen LogP contribution in [0.25, 0.3) is 0 Å². The normalized spacial score (nSPS) is 11.9. The van der Waals surface area contributed by atoms with E-state index in [1.807, 2.05) is 24.3 Å². The fourth-order valence-electron chi connectivity index (χ4n) is 2.53. The van der Waals surface area contributed by atoms with E-state index in [2.05, 4.69) is 19.2 Å². The molecule has 0 radical (unpaired) electrons. The number of hydrogen-bond donors (Lipinski definition) is 1. The minimum Gasteiger partial charge on any atom is -0.497 e. The third-order valence-electron chi connectivity index (χ3n) is 3.73. The minimum atomic E-state index is -0.165. The van der Waals surface area contributed by atoms with Gasteiger partial charge in [0.15, 0.2) is 6.61 Å². The van der Waals surface area contributed by atoms with Crippen LogP contribution in [-0.4, -0.2) is 19.6 Å². The number of carbonyl (C=O) groups is 1. The number of carbonyl (C=O) groups excluding carboxylic acids is 1. The van der Waals surface area contributed by atoms with Crippen LogP contribution in [-0.2, 0) is 4.79 Å². The number of ether oxygens (including phenoxy) is 2. The molecule has 0 aliphatic carbocycles. The largest absolute Gasteiger partial charge is 0.497 e. The molecule has 1 atom stereocenters. The predicted octanol–water partition coefficient (Wildman–Crippen LogP) is 4.63. The van der Waals surface area contributed by atoms with Crippen molar-refractivity contribution in [3.8, 4) is 11.5 Å². The first kappa shape index (κ1) is 19.1. The molecule has 0 aliphatic heterocycles. The van der Waals surface area contributed by atoms with E-state index >= 15 is 0 Å². The van der Waals surface area contributed by atoms with Crippen molar-refractivity contribution in [1.29, 1.82) is 0 Å². The van der Waals surface area contributed by atoms with Gasteiger partial charge in [0, 0.05) is 5.02 Å². The van der Waals surface area contributed by atoms with E-state index in [4.69, 9.17) is 21.1 Å². The van der Waals surface area contributed by atoms with Gasteiger partial charge in [-0.3, -0.25) is 4.79 Å². The molecule has 0 fully saturated rings. The third kappa shape index (κ3) is 6.31. The van der Waals surface area contributed by atoms with Crippen molar-refractivity contribution in [3.63, 3.8) is 0 Å². The van der Waals surface area contributed by atoms with Crippen molar-refractivity contribution >= 4 is 17.5 Å². The summed E-state index contributed by atoms with van der Waals surface area (Å²) in [5, 5.41) is 3.63. The highest BCUT2D eigenvalue weighted by Gasteiger charge is 2.16. The number of rotatable bonds is 8. The molecule has 0 bridgehead atoms. The second-order valence-corrected chi connectivity index (χ2v) is 6.71. The van der Waals surface area contributed by atoms with Crippen LogP contribution in [0.2, 0.25) is 5.02 Å². The molecule has 4 nitrogen and oxygen atoms in total. The van der Waals surface area contributed by atoms with Gasteiger partial charge in [-0.2, -0.15) is 0 Å². The van der Waals surface area contributed by atoms with Crippen LogP contribution in [0.3, 0.4) is 0 Å². The molecule has 2 aromatic carbocycles. The van der Waals surface area contributed by atoms with Gasteiger partial charge in [0.25, 0.3) is 5.91 Å². The number of benzene rings is 2. The van der Waals surface area contributed by atoms with Crippen molar-refractivity contribution in [2.45, 2.75) is 26.3 Å². The molecule has 0 saturated heterocycles. The SMILES string of the molecule is COc1ccc([C@H](CC(C)C)NC(=O)COc2cccc(Cl)c2)cc1. The van der Waals surface area contributed by atoms with E-state index in [1.165, 1.54) is 0 Å². The first-order valence-electron chi connectivity index (χ1n) is 8.29. The summed E-state index contributed by atoms with van der Waals surface area (Å²) >= 11 is 5.92. The lowest BCUT2D eigenvalue weighted by Crippen LogP contribution is -2.33. The average molecular weight is 362 g/mol. The Bertz CT molecular complexity index is 686. The molecule has 5 heteroatoms. The Labute approximate surface area is 154 Å². The second-order valence-electron chi connectivity index (χ2n) is 6.27. The highest BCUT2D eigenvalue weighted by molar-refractivity contribution is 6.30. The summed E-state index contributed by atoms with van der Waals surface area (Å²) in [7, 11) is 1.63. The topological polar surface area (TPSA) is 47.6 Å². The van der Waals surface area contributed by atoms with E-state index in [-0.39, 0.29) is 18.6 Å². The molecule has 2 aromatic rings. The molecule has 1 N–H and O–H groups in total. The zero-order chi connectivity index (χ0) is 18.2. The lowest BCUT2D eigenvalue weighted by atomic mass is 9.97. The average Bonchev–Trinajstić information content (AvgIpc) is 2.59. The Hall–Kier alpha value is -2.20. The summed E-state index contributed by atoms with van der Waals surface area (Å²) in [5.41, 5.74) is 1.05. The number of hydrogen-bond acceptors (Lipinski definition) is 3. The Morgan fingerprint density at radius 1 is 1.12 bits per heavy atom. The molecule has 0 spiro atoms. The van der Waals surface area contributed by atoms with Gasteiger partial charge in [-0.15, -0.1) is 0 Å². The lowest BCUT2D eigenvalue weighted by Gasteiger charge is -2.21. The quantitative estimate of drug-likeness (QED) is 0.745. The van der Waals surface area contributed by atoms with Gasteiger partial charge in [-0.05, 0) is 48.2 Å². The van der Waals surface area contributed by atoms with E-state index in [0.29, 0.717) is 16.7 Å². The Morgan fingerprint density at radius 2 is 1.84 bits per heavy atom. The Morgan fingerprint density at radius 3 is 2.44 bits per heavy atom. The standard InChI is InChI=1S/C20H24ClNO3/c1-14(2)11-19(15-7-9-17(24-3)10-8-15)22-20(23)13-25-18-6-4-5-16(21)12-18/h4-10,12,14,19H,11,13H2,1-3H3,(H,22,23)/t19-/m0/s1. The van der Waals surface area contributed by atoms with Crippen molar-refractivity contribution in [3.05, 3.63) is 59.1 Å². The Balaban J connectivity index is 1.98. The first-order chi connectivity index (χ1) is 12.0. The van der Waals surface area contributed by atoms with E-state index in [1.54, 1.807) is 31.4 Å². The summed E-state index contributed by atoms with van der Waals surface area (Å²) < 4.78 is 10.7. The first-order valence-corrected chi connectivity index (χ1v) is 8.67. The van der Waals surface area contributed by atoms with Crippen LogP contribution in [0.5, 0.6) is 11.5 Å². The maximum Gasteiger partial charge on any atom is 0.258 e. The number of nitrogens with one attached hydrogen (secondary N) is 1. The van der Waals surface area contributed by atoms with E-state index in [9.17, 15) is 4.79 Å². The van der Waals surface area contributed by atoms with Gasteiger partial charge in [0.2, 0.25) is 0 Å². The fraction of sp³-hybridized carbons (Fsp3) is 0.350. The zero-order valence-electron chi connectivity index (χ0n) is 14.8. The molecule has 2 rings (SSSR count). The van der Waals surface area contributed by atoms with E-state index < -0.39 is 0 Å². The molecule has 0 aliphatic rings. The smallest absolute Gasteiger partial charge is 0.258 e. The molecule has 0 saturated carbocycles. The molecule has 0 unspecified atom stereocenters. The summed E-state index contributed by atoms with van der Waals surface area (Å²) in [4.78, 5) is 12.3. The monoisotopic (exact) mass is 361 g/mol. The molecular weight excluding hydrogens is 338 g/mol. The highest BCUT2D eigenvalue weighted by atomic mass is 35.5. The van der Waals surface area contributed by atoms with Crippen LogP contribution in [0, 0.1) is 5.92 Å². The van der Waals surface area contributed by atoms with Gasteiger partial charge in [0.1, 0.15) is 11.5 Å². The van der Waals surface area contributed by atoms with Gasteiger partial charge in [-0.1, -0.05) is 43.6 Å². The van der Waals surface area contributed by atoms with Crippen LogP contribution in [0.15, 0.2) is 48.5 Å². The molecule has 0 aromatic heterocycles. The number of methoxy groups -OCH3 is 1. The summed E-state index contributed by atoms with van der Waals surface area (Å²) in [6, 6.07) is 14.7. The van der Waals surface area contributed by atoms with Crippen molar-refractivity contribution in [1.82, 2.24) is 5.32 Å². The number of amides is 1. The van der Waals surface area contributed by atoms with Gasteiger partial charge in [-0.25, -0.2) is 0 Å². The maximum absolute atomic E-state index is 12.3. The second kappa shape index (κ2) is 9.33. The fourth-order valence-corrected chi connectivity index (χ4v) is 2.71. The summed E-state index contributed by atoms with van der Waals surface area (Å²) in [6.07, 6.45) is 0.842. The van der Waals surface area contributed by atoms with Crippen LogP contribution in [0.1, 0.15) is 31.9 Å². The van der Waals surface area contributed by atoms with Crippen LogP contribution < -0.4 is 14.8 Å². The summed E-state index contributed by atoms with van der Waals surface area (Å²) in [6.45, 7) is 4.21. The Kier molecular flexibility index (Phi) is 7.14. The predicted molar refractivity (Wildman–Crippen MR) is 100 cm³/mol. The molecule has 134 valence electrons. The molecule has 25 heavy (non-hydrogen) atoms. The van der Waals surface area contributed by atoms with Gasteiger partial charge in [0.05, 0.1) is 13.2 Å². The maximum atomic E-state index is 12.3. The lowest BCUT2D eigenvalue weighted by molar-refractivity contribution is -0.124. The zero-order valence-corrected chi connectivity index (χ0v) is 15.5. The van der Waals surface area contributed by atoms with E-state index in [0.717, 1.165) is 17.7 Å². The van der Waals surface area contributed by atoms with Crippen LogP contribution >= 0.6 is 11.6 Å². The van der Waals surface area contributed by atoms with Crippen molar-refractivity contribution in [2.75, 3.05) is 13.7 Å². The van der Waals surface area contributed by atoms with Gasteiger partial charge >= 0.3 is 0 Å². The van der Waals surface area contributed by atoms with Crippen molar-refractivity contribution < 1.29 is 14.3 Å². The molecule has 0 heterocycles. The third-order valence-corrected chi connectivity index (χ3v) is 3.96. The molecule has 1 amide bonds.